The zero-order chi connectivity index (χ0) is 33.9. The number of nitrogens with one attached hydrogen (secondary N) is 1. The first-order chi connectivity index (χ1) is 23.3. The number of alkyl carbamates (subject to hydrolysis) is 1. The molecule has 250 valence electrons. The van der Waals surface area contributed by atoms with E-state index in [9.17, 15) is 14.4 Å². The van der Waals surface area contributed by atoms with Gasteiger partial charge in [-0.25, -0.2) is 14.8 Å². The Balaban J connectivity index is 1.20. The van der Waals surface area contributed by atoms with Gasteiger partial charge >= 0.3 is 12.1 Å². The van der Waals surface area contributed by atoms with E-state index in [2.05, 4.69) is 29.1 Å². The summed E-state index contributed by atoms with van der Waals surface area (Å²) in [5.74, 6) is 1.07. The van der Waals surface area contributed by atoms with Crippen LogP contribution in [0, 0.1) is 11.8 Å². The molecule has 3 aromatic carbocycles. The van der Waals surface area contributed by atoms with Crippen molar-refractivity contribution in [2.45, 2.75) is 45.8 Å². The number of carbonyl (C=O) groups is 3. The lowest BCUT2D eigenvalue weighted by Crippen LogP contribution is -2.59. The van der Waals surface area contributed by atoms with Gasteiger partial charge in [0.05, 0.1) is 19.6 Å². The molecule has 4 aromatic rings. The van der Waals surface area contributed by atoms with Crippen molar-refractivity contribution >= 4 is 18.0 Å². The molecule has 2 amide bonds. The quantitative estimate of drug-likeness (QED) is 0.129. The second-order valence-corrected chi connectivity index (χ2v) is 12.3. The standard InChI is InChI=1S/C38H42N4O6/c1-26(2)8-7-19-47-33-17-15-29(16-18-33)31-21-39-35(40-22-31)30-13-11-27(12-14-30)20-34(36(43)42-23-32(24-42)37(44)46-3)41-38(45)48-25-28-9-5-4-6-10-28/h4-6,9-18,21-22,26,32,34H,7-8,19-20,23-25H2,1-3H3,(H,41,45). The summed E-state index contributed by atoms with van der Waals surface area (Å²) in [6.07, 6.45) is 5.30. The van der Waals surface area contributed by atoms with Crippen LogP contribution in [0.5, 0.6) is 5.75 Å². The summed E-state index contributed by atoms with van der Waals surface area (Å²) in [5, 5.41) is 2.73. The smallest absolute Gasteiger partial charge is 0.408 e. The highest BCUT2D eigenvalue weighted by Gasteiger charge is 2.39. The average Bonchev–Trinajstić information content (AvgIpc) is 3.09. The summed E-state index contributed by atoms with van der Waals surface area (Å²) in [6, 6.07) is 23.9. The molecule has 5 rings (SSSR count). The largest absolute Gasteiger partial charge is 0.494 e. The molecule has 10 heteroatoms. The van der Waals surface area contributed by atoms with Crippen molar-refractivity contribution in [1.29, 1.82) is 0 Å². The highest BCUT2D eigenvalue weighted by molar-refractivity contribution is 5.88. The molecule has 48 heavy (non-hydrogen) atoms. The number of hydrogen-bond donors (Lipinski definition) is 1. The van der Waals surface area contributed by atoms with Gasteiger partial charge in [-0.3, -0.25) is 9.59 Å². The van der Waals surface area contributed by atoms with Gasteiger partial charge in [0.25, 0.3) is 0 Å². The third-order valence-electron chi connectivity index (χ3n) is 8.22. The first-order valence-electron chi connectivity index (χ1n) is 16.3. The molecule has 0 bridgehead atoms. The molecular formula is C38H42N4O6. The number of amides is 2. The lowest BCUT2D eigenvalue weighted by molar-refractivity contribution is -0.156. The van der Waals surface area contributed by atoms with Gasteiger partial charge in [0.1, 0.15) is 18.4 Å². The van der Waals surface area contributed by atoms with Crippen LogP contribution in [0.3, 0.4) is 0 Å². The maximum Gasteiger partial charge on any atom is 0.408 e. The Hall–Kier alpha value is -5.25. The summed E-state index contributed by atoms with van der Waals surface area (Å²) >= 11 is 0. The minimum Gasteiger partial charge on any atom is -0.494 e. The Morgan fingerprint density at radius 1 is 0.854 bits per heavy atom. The number of ether oxygens (including phenoxy) is 3. The van der Waals surface area contributed by atoms with Gasteiger partial charge in [-0.15, -0.1) is 0 Å². The number of methoxy groups -OCH3 is 1. The predicted octanol–water partition coefficient (Wildman–Crippen LogP) is 6.09. The Morgan fingerprint density at radius 3 is 2.17 bits per heavy atom. The van der Waals surface area contributed by atoms with Gasteiger partial charge in [-0.05, 0) is 47.6 Å². The lowest BCUT2D eigenvalue weighted by atomic mass is 9.97. The first-order valence-corrected chi connectivity index (χ1v) is 16.3. The van der Waals surface area contributed by atoms with Crippen LogP contribution in [-0.4, -0.2) is 65.7 Å². The van der Waals surface area contributed by atoms with Gasteiger partial charge in [-0.1, -0.05) is 80.6 Å². The second-order valence-electron chi connectivity index (χ2n) is 12.3. The molecule has 0 aliphatic carbocycles. The minimum absolute atomic E-state index is 0.0769. The lowest BCUT2D eigenvalue weighted by Gasteiger charge is -2.39. The van der Waals surface area contributed by atoms with E-state index < -0.39 is 12.1 Å². The molecule has 1 aromatic heterocycles. The van der Waals surface area contributed by atoms with Crippen LogP contribution >= 0.6 is 0 Å². The topological polar surface area (TPSA) is 120 Å². The number of rotatable bonds is 14. The van der Waals surface area contributed by atoms with Crippen molar-refractivity contribution in [3.63, 3.8) is 0 Å². The van der Waals surface area contributed by atoms with E-state index in [4.69, 9.17) is 14.2 Å². The maximum atomic E-state index is 13.4. The Kier molecular flexibility index (Phi) is 11.7. The van der Waals surface area contributed by atoms with Crippen molar-refractivity contribution in [3.8, 4) is 28.3 Å². The van der Waals surface area contributed by atoms with E-state index in [-0.39, 0.29) is 43.9 Å². The molecule has 1 aliphatic heterocycles. The second kappa shape index (κ2) is 16.5. The van der Waals surface area contributed by atoms with Crippen LogP contribution in [0.15, 0.2) is 91.3 Å². The van der Waals surface area contributed by atoms with Crippen LogP contribution in [0.25, 0.3) is 22.5 Å². The summed E-state index contributed by atoms with van der Waals surface area (Å²) in [4.78, 5) is 48.7. The van der Waals surface area contributed by atoms with Crippen molar-refractivity contribution in [2.24, 2.45) is 11.8 Å². The molecule has 2 heterocycles. The zero-order valence-electron chi connectivity index (χ0n) is 27.6. The highest BCUT2D eigenvalue weighted by Crippen LogP contribution is 2.24. The summed E-state index contributed by atoms with van der Waals surface area (Å²) in [7, 11) is 1.33. The third-order valence-corrected chi connectivity index (χ3v) is 8.22. The number of likely N-dealkylation sites (tertiary alicyclic amines) is 1. The van der Waals surface area contributed by atoms with Gasteiger partial charge in [0.2, 0.25) is 5.91 Å². The Labute approximate surface area is 281 Å². The fourth-order valence-electron chi connectivity index (χ4n) is 5.38. The van der Waals surface area contributed by atoms with E-state index in [1.54, 1.807) is 17.3 Å². The van der Waals surface area contributed by atoms with Crippen LogP contribution in [0.1, 0.15) is 37.8 Å². The molecule has 0 saturated carbocycles. The molecule has 0 spiro atoms. The zero-order valence-corrected chi connectivity index (χ0v) is 27.6. The van der Waals surface area contributed by atoms with Gasteiger partial charge < -0.3 is 24.4 Å². The monoisotopic (exact) mass is 650 g/mol. The van der Waals surface area contributed by atoms with Crippen LogP contribution < -0.4 is 10.1 Å². The molecule has 1 atom stereocenters. The van der Waals surface area contributed by atoms with E-state index in [1.165, 1.54) is 7.11 Å². The van der Waals surface area contributed by atoms with E-state index in [1.807, 2.05) is 78.9 Å². The summed E-state index contributed by atoms with van der Waals surface area (Å²) < 4.78 is 16.0. The van der Waals surface area contributed by atoms with E-state index in [0.717, 1.165) is 46.4 Å². The normalized spacial score (nSPS) is 13.4. The first kappa shape index (κ1) is 34.1. The Morgan fingerprint density at radius 2 is 1.52 bits per heavy atom. The SMILES string of the molecule is COC(=O)C1CN(C(=O)C(Cc2ccc(-c3ncc(-c4ccc(OCCCC(C)C)cc4)cn3)cc2)NC(=O)OCc2ccccc2)C1. The van der Waals surface area contributed by atoms with Gasteiger partial charge in [0.15, 0.2) is 5.82 Å². The van der Waals surface area contributed by atoms with Gasteiger partial charge in [0, 0.05) is 43.0 Å². The molecule has 0 radical (unpaired) electrons. The van der Waals surface area contributed by atoms with Crippen molar-refractivity contribution in [3.05, 3.63) is 102 Å². The van der Waals surface area contributed by atoms with Crippen LogP contribution in [0.2, 0.25) is 0 Å². The fourth-order valence-corrected chi connectivity index (χ4v) is 5.38. The molecule has 1 aliphatic rings. The van der Waals surface area contributed by atoms with Crippen LogP contribution in [0.4, 0.5) is 4.79 Å². The molecule has 10 nitrogen and oxygen atoms in total. The average molecular weight is 651 g/mol. The van der Waals surface area contributed by atoms with Gasteiger partial charge in [-0.2, -0.15) is 0 Å². The predicted molar refractivity (Wildman–Crippen MR) is 182 cm³/mol. The third kappa shape index (κ3) is 9.40. The number of benzene rings is 3. The number of aromatic nitrogens is 2. The van der Waals surface area contributed by atoms with Crippen LogP contribution in [-0.2, 0) is 32.1 Å². The molecule has 1 saturated heterocycles. The number of esters is 1. The highest BCUT2D eigenvalue weighted by atomic mass is 16.5. The van der Waals surface area contributed by atoms with Crippen molar-refractivity contribution in [1.82, 2.24) is 20.2 Å². The van der Waals surface area contributed by atoms with Crippen molar-refractivity contribution < 1.29 is 28.6 Å². The minimum atomic E-state index is -0.884. The maximum absolute atomic E-state index is 13.4. The Bertz CT molecular complexity index is 1640. The number of carbonyl (C=O) groups excluding carboxylic acids is 3. The van der Waals surface area contributed by atoms with Crippen molar-refractivity contribution in [2.75, 3.05) is 26.8 Å². The molecule has 1 fully saturated rings. The summed E-state index contributed by atoms with van der Waals surface area (Å²) in [5.41, 5.74) is 4.37. The molecule has 1 N–H and O–H groups in total. The summed E-state index contributed by atoms with van der Waals surface area (Å²) in [6.45, 7) is 5.69. The fraction of sp³-hybridized carbons (Fsp3) is 0.342. The van der Waals surface area contributed by atoms with E-state index >= 15 is 0 Å². The van der Waals surface area contributed by atoms with E-state index in [0.29, 0.717) is 18.3 Å². The molecular weight excluding hydrogens is 608 g/mol. The molecule has 1 unspecified atom stereocenters. The number of hydrogen-bond acceptors (Lipinski definition) is 8. The number of nitrogens with zero attached hydrogens (tertiary/aromatic N) is 3.